The Morgan fingerprint density at radius 3 is 2.78 bits per heavy atom. The van der Waals surface area contributed by atoms with E-state index in [2.05, 4.69) is 5.32 Å². The van der Waals surface area contributed by atoms with Gasteiger partial charge in [-0.25, -0.2) is 0 Å². The molecule has 0 heterocycles. The van der Waals surface area contributed by atoms with E-state index in [-0.39, 0.29) is 6.10 Å². The maximum atomic E-state index is 5.83. The first-order chi connectivity index (χ1) is 8.81. The van der Waals surface area contributed by atoms with Crippen molar-refractivity contribution in [1.82, 2.24) is 5.32 Å². The largest absolute Gasteiger partial charge is 0.497 e. The minimum absolute atomic E-state index is 0.0190. The molecule has 0 radical (unpaired) electrons. The molecule has 1 N–H and O–H groups in total. The zero-order valence-electron chi connectivity index (χ0n) is 11.4. The van der Waals surface area contributed by atoms with Crippen LogP contribution in [0, 0.1) is 0 Å². The third-order valence-corrected chi connectivity index (χ3v) is 2.61. The molecule has 0 amide bonds. The van der Waals surface area contributed by atoms with E-state index in [1.807, 2.05) is 38.2 Å². The lowest BCUT2D eigenvalue weighted by Crippen LogP contribution is -2.21. The minimum Gasteiger partial charge on any atom is -0.497 e. The minimum atomic E-state index is 0.0190. The highest BCUT2D eigenvalue weighted by molar-refractivity contribution is 5.30. The molecule has 4 heteroatoms. The van der Waals surface area contributed by atoms with Gasteiger partial charge < -0.3 is 19.5 Å². The number of likely N-dealkylation sites (N-methyl/N-ethyl adjacent to an activating group) is 1. The topological polar surface area (TPSA) is 39.7 Å². The van der Waals surface area contributed by atoms with Crippen LogP contribution in [-0.4, -0.2) is 40.5 Å². The van der Waals surface area contributed by atoms with Gasteiger partial charge in [-0.05, 0) is 31.7 Å². The van der Waals surface area contributed by atoms with E-state index in [1.165, 1.54) is 0 Å². The fourth-order valence-corrected chi connectivity index (χ4v) is 1.69. The molecule has 1 atom stereocenters. The summed E-state index contributed by atoms with van der Waals surface area (Å²) in [6.07, 6.45) is 0.0190. The Morgan fingerprint density at radius 2 is 2.11 bits per heavy atom. The van der Waals surface area contributed by atoms with Crippen molar-refractivity contribution in [3.63, 3.8) is 0 Å². The van der Waals surface area contributed by atoms with Crippen LogP contribution in [0.3, 0.4) is 0 Å². The molecule has 0 bridgehead atoms. The average Bonchev–Trinajstić information content (AvgIpc) is 2.42. The summed E-state index contributed by atoms with van der Waals surface area (Å²) in [6, 6.07) is 7.96. The number of hydrogen-bond donors (Lipinski definition) is 1. The molecule has 0 aromatic heterocycles. The molecule has 1 rings (SSSR count). The van der Waals surface area contributed by atoms with Crippen molar-refractivity contribution in [2.24, 2.45) is 0 Å². The lowest BCUT2D eigenvalue weighted by Gasteiger charge is -2.18. The number of benzene rings is 1. The molecular formula is C14H23NO3. The highest BCUT2D eigenvalue weighted by Crippen LogP contribution is 2.21. The maximum Gasteiger partial charge on any atom is 0.119 e. The molecule has 0 fully saturated rings. The Labute approximate surface area is 109 Å². The quantitative estimate of drug-likeness (QED) is 0.683. The van der Waals surface area contributed by atoms with Crippen LogP contribution in [0.1, 0.15) is 18.6 Å². The molecule has 102 valence electrons. The molecule has 1 aromatic rings. The SMILES string of the molecule is CCOCCOC(CNC)c1cccc(OC)c1. The van der Waals surface area contributed by atoms with Crippen LogP contribution in [0.4, 0.5) is 0 Å². The Bertz CT molecular complexity index is 331. The second-order valence-corrected chi connectivity index (χ2v) is 3.89. The summed E-state index contributed by atoms with van der Waals surface area (Å²) in [5, 5.41) is 3.14. The predicted octanol–water partition coefficient (Wildman–Crippen LogP) is 2.01. The molecule has 18 heavy (non-hydrogen) atoms. The summed E-state index contributed by atoms with van der Waals surface area (Å²) in [6.45, 7) is 4.68. The van der Waals surface area contributed by atoms with Gasteiger partial charge in [0.05, 0.1) is 26.4 Å². The number of nitrogens with one attached hydrogen (secondary N) is 1. The monoisotopic (exact) mass is 253 g/mol. The molecule has 0 aliphatic heterocycles. The van der Waals surface area contributed by atoms with Crippen molar-refractivity contribution in [3.05, 3.63) is 29.8 Å². The second-order valence-electron chi connectivity index (χ2n) is 3.89. The fourth-order valence-electron chi connectivity index (χ4n) is 1.69. The van der Waals surface area contributed by atoms with Crippen molar-refractivity contribution in [3.8, 4) is 5.75 Å². The molecule has 0 aliphatic rings. The summed E-state index contributed by atoms with van der Waals surface area (Å²) in [5.74, 6) is 0.849. The second kappa shape index (κ2) is 8.91. The van der Waals surface area contributed by atoms with Crippen molar-refractivity contribution >= 4 is 0 Å². The number of methoxy groups -OCH3 is 1. The van der Waals surface area contributed by atoms with Crippen LogP contribution in [0.25, 0.3) is 0 Å². The summed E-state index contributed by atoms with van der Waals surface area (Å²) in [5.41, 5.74) is 1.11. The molecule has 1 unspecified atom stereocenters. The lowest BCUT2D eigenvalue weighted by molar-refractivity contribution is 0.00754. The van der Waals surface area contributed by atoms with E-state index in [4.69, 9.17) is 14.2 Å². The first-order valence-corrected chi connectivity index (χ1v) is 6.29. The predicted molar refractivity (Wildman–Crippen MR) is 72.1 cm³/mol. The van der Waals surface area contributed by atoms with Gasteiger partial charge in [0, 0.05) is 13.2 Å². The van der Waals surface area contributed by atoms with E-state index in [0.717, 1.165) is 24.5 Å². The fraction of sp³-hybridized carbons (Fsp3) is 0.571. The van der Waals surface area contributed by atoms with Gasteiger partial charge in [0.25, 0.3) is 0 Å². The van der Waals surface area contributed by atoms with Gasteiger partial charge in [-0.2, -0.15) is 0 Å². The third-order valence-electron chi connectivity index (χ3n) is 2.61. The van der Waals surface area contributed by atoms with E-state index in [9.17, 15) is 0 Å². The molecule has 0 saturated heterocycles. The Kier molecular flexibility index (Phi) is 7.41. The van der Waals surface area contributed by atoms with Crippen LogP contribution >= 0.6 is 0 Å². The first kappa shape index (κ1) is 15.0. The van der Waals surface area contributed by atoms with Gasteiger partial charge in [0.15, 0.2) is 0 Å². The zero-order valence-corrected chi connectivity index (χ0v) is 11.4. The van der Waals surface area contributed by atoms with Crippen molar-refractivity contribution < 1.29 is 14.2 Å². The molecule has 0 spiro atoms. The average molecular weight is 253 g/mol. The van der Waals surface area contributed by atoms with Crippen LogP contribution in [0.2, 0.25) is 0 Å². The Morgan fingerprint density at radius 1 is 1.28 bits per heavy atom. The van der Waals surface area contributed by atoms with E-state index < -0.39 is 0 Å². The van der Waals surface area contributed by atoms with Gasteiger partial charge in [-0.15, -0.1) is 0 Å². The Hall–Kier alpha value is -1.10. The maximum absolute atomic E-state index is 5.83. The molecule has 1 aromatic carbocycles. The number of hydrogen-bond acceptors (Lipinski definition) is 4. The van der Waals surface area contributed by atoms with E-state index in [1.54, 1.807) is 7.11 Å². The molecule has 4 nitrogen and oxygen atoms in total. The highest BCUT2D eigenvalue weighted by Gasteiger charge is 2.11. The molecule has 0 saturated carbocycles. The standard InChI is InChI=1S/C14H23NO3/c1-4-17-8-9-18-14(11-15-2)12-6-5-7-13(10-12)16-3/h5-7,10,14-15H,4,8-9,11H2,1-3H3. The van der Waals surface area contributed by atoms with Crippen LogP contribution in [-0.2, 0) is 9.47 Å². The number of ether oxygens (including phenoxy) is 3. The summed E-state index contributed by atoms with van der Waals surface area (Å²) in [4.78, 5) is 0. The van der Waals surface area contributed by atoms with Gasteiger partial charge in [-0.1, -0.05) is 12.1 Å². The van der Waals surface area contributed by atoms with Crippen molar-refractivity contribution in [1.29, 1.82) is 0 Å². The van der Waals surface area contributed by atoms with Crippen molar-refractivity contribution in [2.75, 3.05) is 40.5 Å². The smallest absolute Gasteiger partial charge is 0.119 e. The van der Waals surface area contributed by atoms with Crippen LogP contribution in [0.15, 0.2) is 24.3 Å². The summed E-state index contributed by atoms with van der Waals surface area (Å²) >= 11 is 0. The van der Waals surface area contributed by atoms with Crippen molar-refractivity contribution in [2.45, 2.75) is 13.0 Å². The van der Waals surface area contributed by atoms with E-state index >= 15 is 0 Å². The van der Waals surface area contributed by atoms with Gasteiger partial charge in [0.1, 0.15) is 5.75 Å². The van der Waals surface area contributed by atoms with Gasteiger partial charge in [0.2, 0.25) is 0 Å². The highest BCUT2D eigenvalue weighted by atomic mass is 16.5. The molecule has 0 aliphatic carbocycles. The number of rotatable bonds is 9. The zero-order chi connectivity index (χ0) is 13.2. The molecular weight excluding hydrogens is 230 g/mol. The van der Waals surface area contributed by atoms with Crippen LogP contribution in [0.5, 0.6) is 5.75 Å². The Balaban J connectivity index is 2.58. The normalized spacial score (nSPS) is 12.4. The lowest BCUT2D eigenvalue weighted by atomic mass is 10.1. The van der Waals surface area contributed by atoms with E-state index in [0.29, 0.717) is 13.2 Å². The van der Waals surface area contributed by atoms with Crippen LogP contribution < -0.4 is 10.1 Å². The first-order valence-electron chi connectivity index (χ1n) is 6.29. The van der Waals surface area contributed by atoms with Gasteiger partial charge >= 0.3 is 0 Å². The van der Waals surface area contributed by atoms with Gasteiger partial charge in [-0.3, -0.25) is 0 Å². The third kappa shape index (κ3) is 5.04. The summed E-state index contributed by atoms with van der Waals surface area (Å²) < 4.78 is 16.3. The summed E-state index contributed by atoms with van der Waals surface area (Å²) in [7, 11) is 3.58.